The van der Waals surface area contributed by atoms with Gasteiger partial charge in [-0.25, -0.2) is 4.39 Å². The first-order valence-electron chi connectivity index (χ1n) is 7.15. The second-order valence-electron chi connectivity index (χ2n) is 5.53. The largest absolute Gasteiger partial charge is 0.306 e. The van der Waals surface area contributed by atoms with Crippen molar-refractivity contribution in [3.63, 3.8) is 0 Å². The van der Waals surface area contributed by atoms with Crippen molar-refractivity contribution in [2.24, 2.45) is 0 Å². The third-order valence-corrected chi connectivity index (χ3v) is 4.10. The molecule has 0 saturated heterocycles. The summed E-state index contributed by atoms with van der Waals surface area (Å²) in [6.45, 7) is 2.12. The molecule has 2 aromatic rings. The molecule has 0 aliphatic heterocycles. The van der Waals surface area contributed by atoms with Crippen molar-refractivity contribution in [2.75, 3.05) is 0 Å². The number of aromatic nitrogens is 1. The Kier molecular flexibility index (Phi) is 3.79. The molecular weight excluding hydrogens is 251 g/mol. The molecule has 1 fully saturated rings. The van der Waals surface area contributed by atoms with Crippen LogP contribution < -0.4 is 5.32 Å². The van der Waals surface area contributed by atoms with Crippen molar-refractivity contribution >= 4 is 0 Å². The Labute approximate surface area is 119 Å². The average Bonchev–Trinajstić information content (AvgIpc) is 2.44. The standard InChI is InChI=1S/C17H19FN2/c1-12(17-8-4-5-9-19-17)20-14-10-13(11-14)15-6-2-3-7-16(15)18/h2-9,12-14,20H,10-11H2,1H3/t12-,13?,14?/m0/s1. The number of nitrogens with one attached hydrogen (secondary N) is 1. The lowest BCUT2D eigenvalue weighted by molar-refractivity contribution is 0.265. The topological polar surface area (TPSA) is 24.9 Å². The van der Waals surface area contributed by atoms with E-state index < -0.39 is 0 Å². The van der Waals surface area contributed by atoms with Crippen molar-refractivity contribution < 1.29 is 4.39 Å². The van der Waals surface area contributed by atoms with E-state index in [1.165, 1.54) is 0 Å². The molecule has 1 aromatic heterocycles. The van der Waals surface area contributed by atoms with Gasteiger partial charge in [0, 0.05) is 18.3 Å². The van der Waals surface area contributed by atoms with E-state index in [0.717, 1.165) is 24.1 Å². The fraction of sp³-hybridized carbons (Fsp3) is 0.353. The van der Waals surface area contributed by atoms with Crippen LogP contribution in [0.4, 0.5) is 4.39 Å². The molecule has 1 aliphatic rings. The van der Waals surface area contributed by atoms with E-state index in [-0.39, 0.29) is 11.9 Å². The highest BCUT2D eigenvalue weighted by atomic mass is 19.1. The number of pyridine rings is 1. The van der Waals surface area contributed by atoms with Crippen LogP contribution in [0.5, 0.6) is 0 Å². The Morgan fingerprint density at radius 1 is 1.15 bits per heavy atom. The molecule has 3 heteroatoms. The summed E-state index contributed by atoms with van der Waals surface area (Å²) in [6, 6.07) is 13.8. The monoisotopic (exact) mass is 270 g/mol. The minimum Gasteiger partial charge on any atom is -0.306 e. The van der Waals surface area contributed by atoms with Gasteiger partial charge in [-0.15, -0.1) is 0 Å². The molecule has 0 radical (unpaired) electrons. The first kappa shape index (κ1) is 13.3. The highest BCUT2D eigenvalue weighted by Crippen LogP contribution is 2.38. The average molecular weight is 270 g/mol. The van der Waals surface area contributed by atoms with Crippen LogP contribution in [0.2, 0.25) is 0 Å². The van der Waals surface area contributed by atoms with Crippen molar-refractivity contribution in [3.05, 3.63) is 65.7 Å². The lowest BCUT2D eigenvalue weighted by atomic mass is 9.75. The quantitative estimate of drug-likeness (QED) is 0.913. The minimum absolute atomic E-state index is 0.0753. The fourth-order valence-corrected chi connectivity index (χ4v) is 2.89. The lowest BCUT2D eigenvalue weighted by Gasteiger charge is -2.38. The Hall–Kier alpha value is -1.74. The zero-order valence-corrected chi connectivity index (χ0v) is 11.6. The molecule has 20 heavy (non-hydrogen) atoms. The lowest BCUT2D eigenvalue weighted by Crippen LogP contribution is -2.41. The Bertz CT molecular complexity index is 564. The highest BCUT2D eigenvalue weighted by molar-refractivity contribution is 5.25. The van der Waals surface area contributed by atoms with Gasteiger partial charge in [-0.3, -0.25) is 4.98 Å². The molecule has 1 N–H and O–H groups in total. The SMILES string of the molecule is C[C@H](NC1CC(c2ccccc2F)C1)c1ccccn1. The van der Waals surface area contributed by atoms with Crippen LogP contribution in [0, 0.1) is 5.82 Å². The normalized spacial score (nSPS) is 23.1. The number of rotatable bonds is 4. The van der Waals surface area contributed by atoms with Gasteiger partial charge < -0.3 is 5.32 Å². The Morgan fingerprint density at radius 2 is 1.90 bits per heavy atom. The number of benzene rings is 1. The molecule has 3 rings (SSSR count). The smallest absolute Gasteiger partial charge is 0.126 e. The van der Waals surface area contributed by atoms with Gasteiger partial charge in [-0.2, -0.15) is 0 Å². The molecular formula is C17H19FN2. The second-order valence-corrected chi connectivity index (χ2v) is 5.53. The van der Waals surface area contributed by atoms with Gasteiger partial charge in [0.15, 0.2) is 0 Å². The predicted octanol–water partition coefficient (Wildman–Crippen LogP) is 3.82. The summed E-state index contributed by atoms with van der Waals surface area (Å²) in [4.78, 5) is 4.36. The molecule has 1 aromatic carbocycles. The molecule has 0 amide bonds. The molecule has 1 atom stereocenters. The second kappa shape index (κ2) is 5.71. The zero-order chi connectivity index (χ0) is 13.9. The van der Waals surface area contributed by atoms with Crippen LogP contribution in [0.25, 0.3) is 0 Å². The van der Waals surface area contributed by atoms with Crippen molar-refractivity contribution in [1.29, 1.82) is 0 Å². The molecule has 104 valence electrons. The summed E-state index contributed by atoms with van der Waals surface area (Å²) in [5.41, 5.74) is 1.91. The van der Waals surface area contributed by atoms with E-state index in [0.29, 0.717) is 12.0 Å². The van der Waals surface area contributed by atoms with Crippen LogP contribution in [0.15, 0.2) is 48.7 Å². The van der Waals surface area contributed by atoms with Gasteiger partial charge in [-0.1, -0.05) is 24.3 Å². The van der Waals surface area contributed by atoms with Crippen molar-refractivity contribution in [2.45, 2.75) is 37.8 Å². The van der Waals surface area contributed by atoms with Crippen LogP contribution in [0.3, 0.4) is 0 Å². The van der Waals surface area contributed by atoms with Gasteiger partial charge in [0.25, 0.3) is 0 Å². The Balaban J connectivity index is 1.55. The summed E-state index contributed by atoms with van der Waals surface area (Å²) >= 11 is 0. The summed E-state index contributed by atoms with van der Waals surface area (Å²) in [5, 5.41) is 3.57. The zero-order valence-electron chi connectivity index (χ0n) is 11.6. The molecule has 1 heterocycles. The van der Waals surface area contributed by atoms with Gasteiger partial charge in [0.1, 0.15) is 5.82 Å². The first-order chi connectivity index (χ1) is 9.74. The van der Waals surface area contributed by atoms with Gasteiger partial charge in [0.05, 0.1) is 5.69 Å². The maximum Gasteiger partial charge on any atom is 0.126 e. The van der Waals surface area contributed by atoms with E-state index >= 15 is 0 Å². The number of nitrogens with zero attached hydrogens (tertiary/aromatic N) is 1. The first-order valence-corrected chi connectivity index (χ1v) is 7.15. The van der Waals surface area contributed by atoms with E-state index in [2.05, 4.69) is 17.2 Å². The van der Waals surface area contributed by atoms with Crippen LogP contribution in [-0.4, -0.2) is 11.0 Å². The summed E-state index contributed by atoms with van der Waals surface area (Å²) in [7, 11) is 0. The van der Waals surface area contributed by atoms with Crippen LogP contribution in [0.1, 0.15) is 43.0 Å². The molecule has 0 unspecified atom stereocenters. The summed E-state index contributed by atoms with van der Waals surface area (Å²) < 4.78 is 13.7. The van der Waals surface area contributed by atoms with E-state index in [4.69, 9.17) is 0 Å². The molecule has 1 aliphatic carbocycles. The molecule has 0 bridgehead atoms. The molecule has 1 saturated carbocycles. The number of halogens is 1. The Morgan fingerprint density at radius 3 is 2.60 bits per heavy atom. The van der Waals surface area contributed by atoms with Gasteiger partial charge >= 0.3 is 0 Å². The van der Waals surface area contributed by atoms with E-state index in [1.54, 1.807) is 12.1 Å². The van der Waals surface area contributed by atoms with Crippen LogP contribution in [-0.2, 0) is 0 Å². The number of hydrogen-bond donors (Lipinski definition) is 1. The van der Waals surface area contributed by atoms with E-state index in [9.17, 15) is 4.39 Å². The summed E-state index contributed by atoms with van der Waals surface area (Å²) in [5.74, 6) is 0.276. The van der Waals surface area contributed by atoms with Crippen molar-refractivity contribution in [1.82, 2.24) is 10.3 Å². The number of hydrogen-bond acceptors (Lipinski definition) is 2. The summed E-state index contributed by atoms with van der Waals surface area (Å²) in [6.07, 6.45) is 3.81. The van der Waals surface area contributed by atoms with Crippen LogP contribution >= 0.6 is 0 Å². The molecule has 0 spiro atoms. The fourth-order valence-electron chi connectivity index (χ4n) is 2.89. The maximum atomic E-state index is 13.7. The third kappa shape index (κ3) is 2.73. The van der Waals surface area contributed by atoms with Gasteiger partial charge in [-0.05, 0) is 49.4 Å². The maximum absolute atomic E-state index is 13.7. The molecule has 2 nitrogen and oxygen atoms in total. The van der Waals surface area contributed by atoms with E-state index in [1.807, 2.05) is 36.5 Å². The third-order valence-electron chi connectivity index (χ3n) is 4.10. The van der Waals surface area contributed by atoms with Crippen molar-refractivity contribution in [3.8, 4) is 0 Å². The predicted molar refractivity (Wildman–Crippen MR) is 78.0 cm³/mol. The minimum atomic E-state index is -0.0753. The van der Waals surface area contributed by atoms with Gasteiger partial charge in [0.2, 0.25) is 0 Å². The highest BCUT2D eigenvalue weighted by Gasteiger charge is 2.32.